The number of nitrogens with zero attached hydrogens (tertiary/aromatic N) is 1. The molecule has 2 rings (SSSR count). The summed E-state index contributed by atoms with van der Waals surface area (Å²) in [5, 5.41) is 10.7. The molecule has 0 spiro atoms. The van der Waals surface area contributed by atoms with E-state index in [0.29, 0.717) is 0 Å². The third kappa shape index (κ3) is 2.88. The van der Waals surface area contributed by atoms with E-state index in [-0.39, 0.29) is 0 Å². The van der Waals surface area contributed by atoms with Crippen LogP contribution < -0.4 is 0 Å². The molecule has 1 aromatic carbocycles. The largest absolute Gasteiger partial charge is 0.389 e. The minimum atomic E-state index is -0.497. The summed E-state index contributed by atoms with van der Waals surface area (Å²) in [6.45, 7) is 6.28. The van der Waals surface area contributed by atoms with Crippen LogP contribution in [-0.4, -0.2) is 35.7 Å². The Morgan fingerprint density at radius 3 is 2.24 bits per heavy atom. The summed E-state index contributed by atoms with van der Waals surface area (Å²) in [5.41, 5.74) is 3.44. The molecule has 0 aromatic heterocycles. The second-order valence-corrected chi connectivity index (χ2v) is 5.57. The summed E-state index contributed by atoms with van der Waals surface area (Å²) in [7, 11) is 2.12. The van der Waals surface area contributed by atoms with Gasteiger partial charge in [0.05, 0.1) is 5.60 Å². The zero-order chi connectivity index (χ0) is 12.5. The predicted octanol–water partition coefficient (Wildman–Crippen LogP) is 2.30. The Morgan fingerprint density at radius 1 is 1.18 bits per heavy atom. The summed E-state index contributed by atoms with van der Waals surface area (Å²) in [4.78, 5) is 2.29. The van der Waals surface area contributed by atoms with E-state index in [0.717, 1.165) is 32.4 Å². The SMILES string of the molecule is Cc1cccc(C)c1CC1(O)CCN(C)CC1. The molecule has 1 heterocycles. The summed E-state index contributed by atoms with van der Waals surface area (Å²) in [6, 6.07) is 6.37. The third-order valence-electron chi connectivity index (χ3n) is 4.07. The normalized spacial score (nSPS) is 20.5. The number of piperidine rings is 1. The maximum absolute atomic E-state index is 10.7. The Bertz CT molecular complexity index is 372. The number of rotatable bonds is 2. The molecule has 1 fully saturated rings. The van der Waals surface area contributed by atoms with Crippen LogP contribution in [0.25, 0.3) is 0 Å². The van der Waals surface area contributed by atoms with Crippen molar-refractivity contribution < 1.29 is 5.11 Å². The maximum Gasteiger partial charge on any atom is 0.0712 e. The zero-order valence-electron chi connectivity index (χ0n) is 11.2. The quantitative estimate of drug-likeness (QED) is 0.847. The summed E-state index contributed by atoms with van der Waals surface area (Å²) in [5.74, 6) is 0. The summed E-state index contributed by atoms with van der Waals surface area (Å²) >= 11 is 0. The number of aliphatic hydroxyl groups is 1. The highest BCUT2D eigenvalue weighted by atomic mass is 16.3. The average molecular weight is 233 g/mol. The first-order chi connectivity index (χ1) is 8.00. The molecular weight excluding hydrogens is 210 g/mol. The van der Waals surface area contributed by atoms with E-state index in [1.165, 1.54) is 16.7 Å². The van der Waals surface area contributed by atoms with Crippen LogP contribution in [0.4, 0.5) is 0 Å². The van der Waals surface area contributed by atoms with Crippen molar-refractivity contribution in [3.8, 4) is 0 Å². The fraction of sp³-hybridized carbons (Fsp3) is 0.600. The molecule has 0 amide bonds. The number of hydrogen-bond donors (Lipinski definition) is 1. The van der Waals surface area contributed by atoms with Crippen molar-refractivity contribution in [2.24, 2.45) is 0 Å². The Balaban J connectivity index is 2.15. The Hall–Kier alpha value is -0.860. The van der Waals surface area contributed by atoms with Crippen LogP contribution in [0, 0.1) is 13.8 Å². The minimum Gasteiger partial charge on any atom is -0.389 e. The van der Waals surface area contributed by atoms with Crippen molar-refractivity contribution in [1.82, 2.24) is 4.90 Å². The molecule has 17 heavy (non-hydrogen) atoms. The van der Waals surface area contributed by atoms with E-state index >= 15 is 0 Å². The second-order valence-electron chi connectivity index (χ2n) is 5.57. The first-order valence-corrected chi connectivity index (χ1v) is 6.46. The van der Waals surface area contributed by atoms with Crippen LogP contribution in [0.1, 0.15) is 29.5 Å². The molecule has 1 aliphatic heterocycles. The van der Waals surface area contributed by atoms with Crippen molar-refractivity contribution in [3.63, 3.8) is 0 Å². The summed E-state index contributed by atoms with van der Waals surface area (Å²) < 4.78 is 0. The Kier molecular flexibility index (Phi) is 3.55. The molecule has 0 unspecified atom stereocenters. The van der Waals surface area contributed by atoms with Crippen LogP contribution >= 0.6 is 0 Å². The fourth-order valence-corrected chi connectivity index (χ4v) is 2.67. The molecule has 0 atom stereocenters. The molecule has 1 N–H and O–H groups in total. The van der Waals surface area contributed by atoms with Crippen molar-refractivity contribution in [3.05, 3.63) is 34.9 Å². The number of likely N-dealkylation sites (tertiary alicyclic amines) is 1. The number of aryl methyl sites for hydroxylation is 2. The van der Waals surface area contributed by atoms with Crippen LogP contribution in [0.5, 0.6) is 0 Å². The van der Waals surface area contributed by atoms with Gasteiger partial charge in [-0.3, -0.25) is 0 Å². The number of benzene rings is 1. The van der Waals surface area contributed by atoms with Crippen molar-refractivity contribution in [1.29, 1.82) is 0 Å². The van der Waals surface area contributed by atoms with Crippen molar-refractivity contribution in [2.45, 2.75) is 38.7 Å². The highest BCUT2D eigenvalue weighted by Crippen LogP contribution is 2.28. The van der Waals surface area contributed by atoms with E-state index in [1.54, 1.807) is 0 Å². The molecule has 2 heteroatoms. The molecule has 0 bridgehead atoms. The topological polar surface area (TPSA) is 23.5 Å². The molecule has 0 aliphatic carbocycles. The van der Waals surface area contributed by atoms with Gasteiger partial charge < -0.3 is 10.0 Å². The Morgan fingerprint density at radius 2 is 1.71 bits per heavy atom. The molecule has 1 aliphatic rings. The van der Waals surface area contributed by atoms with Crippen LogP contribution in [0.15, 0.2) is 18.2 Å². The Labute approximate surface area is 104 Å². The molecule has 0 saturated carbocycles. The first-order valence-electron chi connectivity index (χ1n) is 6.46. The van der Waals surface area contributed by atoms with Gasteiger partial charge >= 0.3 is 0 Å². The van der Waals surface area contributed by atoms with Crippen LogP contribution in [-0.2, 0) is 6.42 Å². The van der Waals surface area contributed by atoms with Gasteiger partial charge in [-0.05, 0) is 50.4 Å². The minimum absolute atomic E-state index is 0.497. The summed E-state index contributed by atoms with van der Waals surface area (Å²) in [6.07, 6.45) is 2.58. The highest BCUT2D eigenvalue weighted by molar-refractivity contribution is 5.34. The first kappa shape index (κ1) is 12.6. The molecule has 0 radical (unpaired) electrons. The van der Waals surface area contributed by atoms with E-state index < -0.39 is 5.60 Å². The van der Waals surface area contributed by atoms with Gasteiger partial charge in [0.1, 0.15) is 0 Å². The molecular formula is C15H23NO. The smallest absolute Gasteiger partial charge is 0.0712 e. The van der Waals surface area contributed by atoms with Crippen molar-refractivity contribution in [2.75, 3.05) is 20.1 Å². The van der Waals surface area contributed by atoms with Crippen molar-refractivity contribution >= 4 is 0 Å². The van der Waals surface area contributed by atoms with Gasteiger partial charge in [0, 0.05) is 19.5 Å². The average Bonchev–Trinajstić information content (AvgIpc) is 2.29. The highest BCUT2D eigenvalue weighted by Gasteiger charge is 2.31. The van der Waals surface area contributed by atoms with E-state index in [2.05, 4.69) is 44.0 Å². The van der Waals surface area contributed by atoms with Crippen LogP contribution in [0.3, 0.4) is 0 Å². The third-order valence-corrected chi connectivity index (χ3v) is 4.07. The standard InChI is InChI=1S/C15H23NO/c1-12-5-4-6-13(2)14(12)11-15(17)7-9-16(3)10-8-15/h4-6,17H,7-11H2,1-3H3. The zero-order valence-corrected chi connectivity index (χ0v) is 11.2. The molecule has 2 nitrogen and oxygen atoms in total. The van der Waals surface area contributed by atoms with E-state index in [4.69, 9.17) is 0 Å². The lowest BCUT2D eigenvalue weighted by molar-refractivity contribution is -0.0152. The molecule has 1 saturated heterocycles. The van der Waals surface area contributed by atoms with Gasteiger partial charge in [-0.2, -0.15) is 0 Å². The fourth-order valence-electron chi connectivity index (χ4n) is 2.67. The van der Waals surface area contributed by atoms with Gasteiger partial charge in [0.15, 0.2) is 0 Å². The van der Waals surface area contributed by atoms with Gasteiger partial charge in [0.2, 0.25) is 0 Å². The van der Waals surface area contributed by atoms with Gasteiger partial charge in [-0.1, -0.05) is 18.2 Å². The van der Waals surface area contributed by atoms with Gasteiger partial charge in [0.25, 0.3) is 0 Å². The predicted molar refractivity (Wildman–Crippen MR) is 71.3 cm³/mol. The van der Waals surface area contributed by atoms with E-state index in [1.807, 2.05) is 0 Å². The second kappa shape index (κ2) is 4.79. The monoisotopic (exact) mass is 233 g/mol. The van der Waals surface area contributed by atoms with Gasteiger partial charge in [-0.25, -0.2) is 0 Å². The van der Waals surface area contributed by atoms with E-state index in [9.17, 15) is 5.11 Å². The lowest BCUT2D eigenvalue weighted by Crippen LogP contribution is -2.44. The lowest BCUT2D eigenvalue weighted by atomic mass is 9.83. The maximum atomic E-state index is 10.7. The van der Waals surface area contributed by atoms with Gasteiger partial charge in [-0.15, -0.1) is 0 Å². The number of hydrogen-bond acceptors (Lipinski definition) is 2. The van der Waals surface area contributed by atoms with Crippen LogP contribution in [0.2, 0.25) is 0 Å². The molecule has 94 valence electrons. The lowest BCUT2D eigenvalue weighted by Gasteiger charge is -2.37. The molecule has 1 aromatic rings.